The number of nitrogens with one attached hydrogen (secondary N) is 1. The first kappa shape index (κ1) is 25.5. The van der Waals surface area contributed by atoms with Gasteiger partial charge in [0.15, 0.2) is 0 Å². The van der Waals surface area contributed by atoms with Crippen molar-refractivity contribution in [1.82, 2.24) is 5.32 Å². The molecule has 0 bridgehead atoms. The van der Waals surface area contributed by atoms with E-state index in [-0.39, 0.29) is 17.8 Å². The molecule has 3 N–H and O–H groups in total. The normalized spacial score (nSPS) is 11.8. The van der Waals surface area contributed by atoms with E-state index < -0.39 is 7.60 Å². The summed E-state index contributed by atoms with van der Waals surface area (Å²) in [7, 11) is -3.96. The van der Waals surface area contributed by atoms with Gasteiger partial charge in [0.1, 0.15) is 11.6 Å². The van der Waals surface area contributed by atoms with Gasteiger partial charge in [0.25, 0.3) is 0 Å². The van der Waals surface area contributed by atoms with Gasteiger partial charge in [-0.2, -0.15) is 0 Å². The Hall–Kier alpha value is -0.760. The van der Waals surface area contributed by atoms with Crippen LogP contribution in [0.25, 0.3) is 0 Å². The van der Waals surface area contributed by atoms with Gasteiger partial charge in [-0.3, -0.25) is 4.57 Å². The van der Waals surface area contributed by atoms with Crippen LogP contribution in [0.1, 0.15) is 36.8 Å². The number of thioether (sulfide) groups is 1. The molecular formula is C21H27BrF2NO3PS. The molecular weight excluding hydrogens is 495 g/mol. The Balaban J connectivity index is 1.67. The first-order valence-corrected chi connectivity index (χ1v) is 13.4. The Kier molecular flexibility index (Phi) is 11.0. The Morgan fingerprint density at radius 2 is 1.77 bits per heavy atom. The smallest absolute Gasteiger partial charge is 0.324 e. The molecule has 0 unspecified atom stereocenters. The minimum absolute atomic E-state index is 0.158. The summed E-state index contributed by atoms with van der Waals surface area (Å²) in [6, 6.07) is 9.86. The first-order valence-electron chi connectivity index (χ1n) is 9.85. The zero-order valence-electron chi connectivity index (χ0n) is 16.6. The summed E-state index contributed by atoms with van der Waals surface area (Å²) < 4.78 is 38.9. The molecule has 2 rings (SSSR count). The van der Waals surface area contributed by atoms with E-state index in [0.717, 1.165) is 47.0 Å². The van der Waals surface area contributed by atoms with Gasteiger partial charge in [-0.15, -0.1) is 11.8 Å². The van der Waals surface area contributed by atoms with E-state index in [1.807, 2.05) is 12.1 Å². The molecule has 2 aromatic rings. The topological polar surface area (TPSA) is 69.6 Å². The summed E-state index contributed by atoms with van der Waals surface area (Å²) in [5, 5.41) is 3.08. The van der Waals surface area contributed by atoms with Gasteiger partial charge in [0.2, 0.25) is 0 Å². The average Bonchev–Trinajstić information content (AvgIpc) is 2.68. The third-order valence-electron chi connectivity index (χ3n) is 4.50. The van der Waals surface area contributed by atoms with E-state index in [0.29, 0.717) is 24.4 Å². The SMILES string of the molecule is O=P(O)(O)CCCNCc1cc(F)c(SCCCCCc2ccc(F)cc2)cc1Br. The first-order chi connectivity index (χ1) is 14.2. The molecule has 4 nitrogen and oxygen atoms in total. The molecule has 166 valence electrons. The van der Waals surface area contributed by atoms with Crippen LogP contribution in [0.15, 0.2) is 45.8 Å². The molecule has 0 aromatic heterocycles. The molecule has 30 heavy (non-hydrogen) atoms. The van der Waals surface area contributed by atoms with Crippen molar-refractivity contribution in [3.05, 3.63) is 63.6 Å². The highest BCUT2D eigenvalue weighted by molar-refractivity contribution is 9.10. The summed E-state index contributed by atoms with van der Waals surface area (Å²) in [5.41, 5.74) is 1.90. The molecule has 0 saturated heterocycles. The predicted octanol–water partition coefficient (Wildman–Crippen LogP) is 5.89. The number of hydrogen-bond donors (Lipinski definition) is 3. The second-order valence-electron chi connectivity index (χ2n) is 7.08. The summed E-state index contributed by atoms with van der Waals surface area (Å²) in [4.78, 5) is 18.3. The zero-order valence-corrected chi connectivity index (χ0v) is 19.9. The van der Waals surface area contributed by atoms with Gasteiger partial charge in [0, 0.05) is 15.9 Å². The van der Waals surface area contributed by atoms with Crippen LogP contribution in [0, 0.1) is 11.6 Å². The van der Waals surface area contributed by atoms with E-state index in [2.05, 4.69) is 21.2 Å². The standard InChI is InChI=1S/C21H27BrF2NO3PS/c22-19-14-21(20(24)13-17(19)15-25-10-4-11-29(26,27)28)30-12-3-1-2-5-16-6-8-18(23)9-7-16/h6-9,13-14,25H,1-5,10-12,15H2,(H2,26,27,28). The molecule has 0 aliphatic carbocycles. The Morgan fingerprint density at radius 1 is 1.03 bits per heavy atom. The second-order valence-corrected chi connectivity index (χ2v) is 10.8. The number of rotatable bonds is 13. The minimum atomic E-state index is -3.96. The maximum atomic E-state index is 14.4. The van der Waals surface area contributed by atoms with Gasteiger partial charge >= 0.3 is 7.60 Å². The molecule has 0 aliphatic heterocycles. The molecule has 0 heterocycles. The number of halogens is 3. The Labute approximate surface area is 189 Å². The van der Waals surface area contributed by atoms with Gasteiger partial charge in [0.05, 0.1) is 6.16 Å². The molecule has 0 spiro atoms. The Morgan fingerprint density at radius 3 is 2.47 bits per heavy atom. The lowest BCUT2D eigenvalue weighted by atomic mass is 10.1. The van der Waals surface area contributed by atoms with Crippen molar-refractivity contribution in [3.63, 3.8) is 0 Å². The van der Waals surface area contributed by atoms with Crippen LogP contribution in [-0.2, 0) is 17.5 Å². The van der Waals surface area contributed by atoms with Gasteiger partial charge in [-0.05, 0) is 73.4 Å². The van der Waals surface area contributed by atoms with E-state index in [9.17, 15) is 13.3 Å². The molecule has 0 amide bonds. The fraction of sp³-hybridized carbons (Fsp3) is 0.429. The van der Waals surface area contributed by atoms with Crippen LogP contribution in [0.3, 0.4) is 0 Å². The highest BCUT2D eigenvalue weighted by atomic mass is 79.9. The van der Waals surface area contributed by atoms with Crippen molar-refractivity contribution in [1.29, 1.82) is 0 Å². The van der Waals surface area contributed by atoms with E-state index >= 15 is 0 Å². The third kappa shape index (κ3) is 10.0. The molecule has 9 heteroatoms. The van der Waals surface area contributed by atoms with Crippen molar-refractivity contribution >= 4 is 35.3 Å². The highest BCUT2D eigenvalue weighted by Crippen LogP contribution is 2.34. The third-order valence-corrected chi connectivity index (χ3v) is 7.25. The quantitative estimate of drug-likeness (QED) is 0.174. The van der Waals surface area contributed by atoms with Crippen molar-refractivity contribution in [2.24, 2.45) is 0 Å². The number of benzene rings is 2. The largest absolute Gasteiger partial charge is 0.325 e. The number of unbranched alkanes of at least 4 members (excludes halogenated alkanes) is 2. The summed E-state index contributed by atoms with van der Waals surface area (Å²) >= 11 is 4.97. The second kappa shape index (κ2) is 12.9. The molecule has 2 aromatic carbocycles. The fourth-order valence-electron chi connectivity index (χ4n) is 2.89. The summed E-state index contributed by atoms with van der Waals surface area (Å²) in [6.45, 7) is 0.876. The molecule has 0 aliphatic rings. The number of aryl methyl sites for hydroxylation is 1. The summed E-state index contributed by atoms with van der Waals surface area (Å²) in [6.07, 6.45) is 4.15. The maximum Gasteiger partial charge on any atom is 0.325 e. The van der Waals surface area contributed by atoms with Crippen molar-refractivity contribution in [3.8, 4) is 0 Å². The molecule has 0 atom stereocenters. The molecule has 0 saturated carbocycles. The lowest BCUT2D eigenvalue weighted by Crippen LogP contribution is -2.16. The Bertz CT molecular complexity index is 849. The van der Waals surface area contributed by atoms with E-state index in [4.69, 9.17) is 9.79 Å². The van der Waals surface area contributed by atoms with Crippen LogP contribution in [0.2, 0.25) is 0 Å². The maximum absolute atomic E-state index is 14.4. The van der Waals surface area contributed by atoms with Gasteiger partial charge in [-0.1, -0.05) is 34.5 Å². The lowest BCUT2D eigenvalue weighted by molar-refractivity contribution is 0.371. The highest BCUT2D eigenvalue weighted by Gasteiger charge is 2.12. The number of hydrogen-bond acceptors (Lipinski definition) is 3. The molecule has 0 fully saturated rings. The molecule has 0 radical (unpaired) electrons. The predicted molar refractivity (Wildman–Crippen MR) is 122 cm³/mol. The van der Waals surface area contributed by atoms with E-state index in [1.54, 1.807) is 6.07 Å². The van der Waals surface area contributed by atoms with Crippen LogP contribution in [-0.4, -0.2) is 28.2 Å². The zero-order chi connectivity index (χ0) is 22.0. The van der Waals surface area contributed by atoms with Crippen molar-refractivity contribution < 1.29 is 23.1 Å². The fourth-order valence-corrected chi connectivity index (χ4v) is 5.06. The van der Waals surface area contributed by atoms with Gasteiger partial charge < -0.3 is 15.1 Å². The minimum Gasteiger partial charge on any atom is -0.324 e. The summed E-state index contributed by atoms with van der Waals surface area (Å²) in [5.74, 6) is 0.346. The van der Waals surface area contributed by atoms with Crippen LogP contribution in [0.4, 0.5) is 8.78 Å². The van der Waals surface area contributed by atoms with Crippen LogP contribution < -0.4 is 5.32 Å². The average molecular weight is 522 g/mol. The van der Waals surface area contributed by atoms with Crippen molar-refractivity contribution in [2.75, 3.05) is 18.5 Å². The van der Waals surface area contributed by atoms with E-state index in [1.165, 1.54) is 30.0 Å². The lowest BCUT2D eigenvalue weighted by Gasteiger charge is -2.11. The van der Waals surface area contributed by atoms with Crippen LogP contribution >= 0.6 is 35.3 Å². The monoisotopic (exact) mass is 521 g/mol. The van der Waals surface area contributed by atoms with Crippen molar-refractivity contribution in [2.45, 2.75) is 43.5 Å². The van der Waals surface area contributed by atoms with Crippen LogP contribution in [0.5, 0.6) is 0 Å². The van der Waals surface area contributed by atoms with Gasteiger partial charge in [-0.25, -0.2) is 8.78 Å².